The Labute approximate surface area is 111 Å². The second kappa shape index (κ2) is 6.54. The van der Waals surface area contributed by atoms with Gasteiger partial charge in [-0.15, -0.1) is 11.3 Å². The van der Waals surface area contributed by atoms with Gasteiger partial charge in [0.2, 0.25) is 0 Å². The van der Waals surface area contributed by atoms with Gasteiger partial charge in [-0.3, -0.25) is 4.79 Å². The fourth-order valence-corrected chi connectivity index (χ4v) is 2.63. The van der Waals surface area contributed by atoms with Gasteiger partial charge in [0.05, 0.1) is 6.21 Å². The molecule has 18 heavy (non-hydrogen) atoms. The van der Waals surface area contributed by atoms with Crippen molar-refractivity contribution in [2.45, 2.75) is 19.8 Å². The van der Waals surface area contributed by atoms with Crippen molar-refractivity contribution < 1.29 is 9.63 Å². The molecule has 1 aromatic heterocycles. The summed E-state index contributed by atoms with van der Waals surface area (Å²) in [5.41, 5.74) is 0. The van der Waals surface area contributed by atoms with Gasteiger partial charge in [0, 0.05) is 18.0 Å². The summed E-state index contributed by atoms with van der Waals surface area (Å²) in [7, 11) is 0. The highest BCUT2D eigenvalue weighted by Gasteiger charge is 2.20. The van der Waals surface area contributed by atoms with Crippen molar-refractivity contribution in [3.63, 3.8) is 0 Å². The van der Waals surface area contributed by atoms with Crippen LogP contribution in [0.1, 0.15) is 24.6 Å². The van der Waals surface area contributed by atoms with Crippen molar-refractivity contribution in [1.29, 1.82) is 0 Å². The van der Waals surface area contributed by atoms with Crippen LogP contribution < -0.4 is 0 Å². The molecule has 0 N–H and O–H groups in total. The van der Waals surface area contributed by atoms with Crippen molar-refractivity contribution in [2.75, 3.05) is 19.7 Å². The highest BCUT2D eigenvalue weighted by atomic mass is 32.1. The third-order valence-corrected chi connectivity index (χ3v) is 3.80. The smallest absolute Gasteiger partial charge is 0.263 e. The van der Waals surface area contributed by atoms with Gasteiger partial charge in [0.25, 0.3) is 5.91 Å². The van der Waals surface area contributed by atoms with Crippen LogP contribution in [0, 0.1) is 5.92 Å². The summed E-state index contributed by atoms with van der Waals surface area (Å²) in [5, 5.41) is 5.78. The Hall–Kier alpha value is -1.36. The van der Waals surface area contributed by atoms with Crippen LogP contribution >= 0.6 is 11.3 Å². The predicted octanol–water partition coefficient (Wildman–Crippen LogP) is 2.36. The van der Waals surface area contributed by atoms with Crippen molar-refractivity contribution in [1.82, 2.24) is 4.90 Å². The van der Waals surface area contributed by atoms with Crippen molar-refractivity contribution >= 4 is 23.5 Å². The second-order valence-corrected chi connectivity index (χ2v) is 5.59. The van der Waals surface area contributed by atoms with Gasteiger partial charge in [0.15, 0.2) is 6.61 Å². The molecule has 1 saturated heterocycles. The molecule has 5 heteroatoms. The Morgan fingerprint density at radius 2 is 2.61 bits per heavy atom. The molecule has 1 aromatic rings. The van der Waals surface area contributed by atoms with E-state index < -0.39 is 0 Å². The molecule has 1 fully saturated rings. The third-order valence-electron chi connectivity index (χ3n) is 3.00. The van der Waals surface area contributed by atoms with Gasteiger partial charge < -0.3 is 9.74 Å². The largest absolute Gasteiger partial charge is 0.386 e. The maximum Gasteiger partial charge on any atom is 0.263 e. The van der Waals surface area contributed by atoms with Gasteiger partial charge in [-0.25, -0.2) is 0 Å². The molecule has 1 amide bonds. The van der Waals surface area contributed by atoms with Crippen LogP contribution in [0.2, 0.25) is 0 Å². The number of thiophene rings is 1. The molecule has 0 bridgehead atoms. The van der Waals surface area contributed by atoms with Gasteiger partial charge in [-0.05, 0) is 30.2 Å². The molecule has 1 aliphatic rings. The molecule has 2 rings (SSSR count). The maximum absolute atomic E-state index is 11.8. The number of amides is 1. The SMILES string of the molecule is C[C@H]1CCCN(C(=O)CO/N=C\c2cccs2)C1. The maximum atomic E-state index is 11.8. The van der Waals surface area contributed by atoms with Crippen LogP contribution in [0.5, 0.6) is 0 Å². The normalized spacial score (nSPS) is 20.3. The highest BCUT2D eigenvalue weighted by Crippen LogP contribution is 2.15. The van der Waals surface area contributed by atoms with Crippen molar-refractivity contribution in [2.24, 2.45) is 11.1 Å². The summed E-state index contributed by atoms with van der Waals surface area (Å²) in [6, 6.07) is 3.90. The van der Waals surface area contributed by atoms with Crippen molar-refractivity contribution in [3.05, 3.63) is 22.4 Å². The average molecular weight is 266 g/mol. The molecule has 0 spiro atoms. The molecule has 2 heterocycles. The first-order valence-electron chi connectivity index (χ1n) is 6.22. The Kier molecular flexibility index (Phi) is 4.75. The van der Waals surface area contributed by atoms with Crippen LogP contribution in [-0.4, -0.2) is 36.7 Å². The molecule has 0 unspecified atom stereocenters. The number of hydrogen-bond acceptors (Lipinski definition) is 4. The van der Waals surface area contributed by atoms with Gasteiger partial charge >= 0.3 is 0 Å². The van der Waals surface area contributed by atoms with Gasteiger partial charge in [-0.1, -0.05) is 18.1 Å². The number of carbonyl (C=O) groups is 1. The molecular formula is C13H18N2O2S. The van der Waals surface area contributed by atoms with E-state index in [9.17, 15) is 4.79 Å². The number of piperidine rings is 1. The molecular weight excluding hydrogens is 248 g/mol. The first-order chi connectivity index (χ1) is 8.75. The molecule has 1 atom stereocenters. The summed E-state index contributed by atoms with van der Waals surface area (Å²) < 4.78 is 0. The van der Waals surface area contributed by atoms with Crippen LogP contribution in [0.3, 0.4) is 0 Å². The Morgan fingerprint density at radius 3 is 3.33 bits per heavy atom. The molecule has 0 saturated carbocycles. The van der Waals surface area contributed by atoms with E-state index >= 15 is 0 Å². The Balaban J connectivity index is 1.71. The lowest BCUT2D eigenvalue weighted by Gasteiger charge is -2.30. The number of oxime groups is 1. The number of rotatable bonds is 4. The van der Waals surface area contributed by atoms with Crippen LogP contribution in [-0.2, 0) is 9.63 Å². The first-order valence-corrected chi connectivity index (χ1v) is 7.10. The van der Waals surface area contributed by atoms with E-state index in [1.54, 1.807) is 17.6 Å². The summed E-state index contributed by atoms with van der Waals surface area (Å²) >= 11 is 1.59. The fraction of sp³-hybridized carbons (Fsp3) is 0.538. The minimum Gasteiger partial charge on any atom is -0.386 e. The minimum atomic E-state index is 0.0323. The molecule has 4 nitrogen and oxygen atoms in total. The highest BCUT2D eigenvalue weighted by molar-refractivity contribution is 7.11. The Morgan fingerprint density at radius 1 is 1.72 bits per heavy atom. The van der Waals surface area contributed by atoms with E-state index in [0.29, 0.717) is 5.92 Å². The summed E-state index contributed by atoms with van der Waals surface area (Å²) in [4.78, 5) is 19.8. The molecule has 0 aliphatic carbocycles. The zero-order chi connectivity index (χ0) is 12.8. The van der Waals surface area contributed by atoms with Crippen LogP contribution in [0.4, 0.5) is 0 Å². The van der Waals surface area contributed by atoms with E-state index in [4.69, 9.17) is 4.84 Å². The van der Waals surface area contributed by atoms with E-state index in [2.05, 4.69) is 12.1 Å². The Bertz CT molecular complexity index is 403. The molecule has 0 radical (unpaired) electrons. The molecule has 98 valence electrons. The lowest BCUT2D eigenvalue weighted by Crippen LogP contribution is -2.40. The van der Waals surface area contributed by atoms with Crippen LogP contribution in [0.25, 0.3) is 0 Å². The monoisotopic (exact) mass is 266 g/mol. The minimum absolute atomic E-state index is 0.0323. The van der Waals surface area contributed by atoms with E-state index in [0.717, 1.165) is 24.4 Å². The quantitative estimate of drug-likeness (QED) is 0.620. The average Bonchev–Trinajstić information content (AvgIpc) is 2.87. The number of hydrogen-bond donors (Lipinski definition) is 0. The number of nitrogens with zero attached hydrogens (tertiary/aromatic N) is 2. The van der Waals surface area contributed by atoms with E-state index in [-0.39, 0.29) is 12.5 Å². The lowest BCUT2D eigenvalue weighted by molar-refractivity contribution is -0.137. The summed E-state index contributed by atoms with van der Waals surface area (Å²) in [6.07, 6.45) is 3.93. The number of carbonyl (C=O) groups excluding carboxylic acids is 1. The zero-order valence-electron chi connectivity index (χ0n) is 10.5. The standard InChI is InChI=1S/C13H18N2O2S/c1-11-4-2-6-15(9-11)13(16)10-17-14-8-12-5-3-7-18-12/h3,5,7-8,11H,2,4,6,9-10H2,1H3/b14-8-/t11-/m0/s1. The van der Waals surface area contributed by atoms with Crippen molar-refractivity contribution in [3.8, 4) is 0 Å². The zero-order valence-corrected chi connectivity index (χ0v) is 11.4. The topological polar surface area (TPSA) is 41.9 Å². The van der Waals surface area contributed by atoms with E-state index in [1.165, 1.54) is 6.42 Å². The third kappa shape index (κ3) is 3.84. The molecule has 0 aromatic carbocycles. The van der Waals surface area contributed by atoms with Crippen LogP contribution in [0.15, 0.2) is 22.7 Å². The summed E-state index contributed by atoms with van der Waals surface area (Å²) in [5.74, 6) is 0.627. The lowest BCUT2D eigenvalue weighted by atomic mass is 10.0. The second-order valence-electron chi connectivity index (χ2n) is 4.61. The van der Waals surface area contributed by atoms with Gasteiger partial charge in [0.1, 0.15) is 0 Å². The fourth-order valence-electron chi connectivity index (χ4n) is 2.05. The van der Waals surface area contributed by atoms with E-state index in [1.807, 2.05) is 22.4 Å². The molecule has 1 aliphatic heterocycles. The number of likely N-dealkylation sites (tertiary alicyclic amines) is 1. The summed E-state index contributed by atoms with van der Waals surface area (Å²) in [6.45, 7) is 3.90. The predicted molar refractivity (Wildman–Crippen MR) is 72.8 cm³/mol. The first kappa shape index (κ1) is 13.1. The van der Waals surface area contributed by atoms with Gasteiger partial charge in [-0.2, -0.15) is 0 Å².